The van der Waals surface area contributed by atoms with Crippen LogP contribution in [0.5, 0.6) is 0 Å². The third-order valence-electron chi connectivity index (χ3n) is 1.83. The number of nitrogens with zero attached hydrogens (tertiary/aromatic N) is 2. The Hall–Kier alpha value is -1.83. The van der Waals surface area contributed by atoms with Crippen molar-refractivity contribution < 1.29 is 9.59 Å². The molecule has 5 nitrogen and oxygen atoms in total. The Morgan fingerprint density at radius 1 is 1.71 bits per heavy atom. The zero-order chi connectivity index (χ0) is 10.6. The Morgan fingerprint density at radius 3 is 2.93 bits per heavy atom. The van der Waals surface area contributed by atoms with Gasteiger partial charge in [0.1, 0.15) is 5.71 Å². The van der Waals surface area contributed by atoms with Crippen molar-refractivity contribution in [3.05, 3.63) is 0 Å². The number of hydrogen-bond acceptors (Lipinski definition) is 3. The molecule has 1 rings (SSSR count). The zero-order valence-electron chi connectivity index (χ0n) is 7.91. The Morgan fingerprint density at radius 2 is 2.43 bits per heavy atom. The molecule has 2 amide bonds. The van der Waals surface area contributed by atoms with Crippen LogP contribution >= 0.6 is 0 Å². The molecular formula is C9H11N3O2. The van der Waals surface area contributed by atoms with Crippen LogP contribution in [-0.4, -0.2) is 36.0 Å². The maximum atomic E-state index is 11.5. The lowest BCUT2D eigenvalue weighted by atomic mass is 10.1. The van der Waals surface area contributed by atoms with Gasteiger partial charge in [0.05, 0.1) is 6.54 Å². The fourth-order valence-electron chi connectivity index (χ4n) is 1.06. The van der Waals surface area contributed by atoms with E-state index < -0.39 is 0 Å². The molecule has 1 aliphatic rings. The molecule has 0 atom stereocenters. The smallest absolute Gasteiger partial charge is 0.270 e. The summed E-state index contributed by atoms with van der Waals surface area (Å²) in [6, 6.07) is 0. The van der Waals surface area contributed by atoms with Crippen molar-refractivity contribution in [1.29, 1.82) is 0 Å². The Balaban J connectivity index is 2.62. The minimum absolute atomic E-state index is 0.166. The second kappa shape index (κ2) is 4.42. The first-order chi connectivity index (χ1) is 6.65. The molecule has 5 heteroatoms. The molecule has 1 heterocycles. The van der Waals surface area contributed by atoms with Crippen LogP contribution in [0.2, 0.25) is 0 Å². The van der Waals surface area contributed by atoms with Crippen molar-refractivity contribution in [2.45, 2.75) is 12.8 Å². The second-order valence-corrected chi connectivity index (χ2v) is 2.96. The van der Waals surface area contributed by atoms with Gasteiger partial charge in [-0.1, -0.05) is 5.92 Å². The summed E-state index contributed by atoms with van der Waals surface area (Å²) in [4.78, 5) is 23.7. The highest BCUT2D eigenvalue weighted by atomic mass is 16.2. The first-order valence-electron chi connectivity index (χ1n) is 4.19. The molecule has 1 N–H and O–H groups in total. The first kappa shape index (κ1) is 10.3. The summed E-state index contributed by atoms with van der Waals surface area (Å²) < 4.78 is 0. The number of hydrogen-bond donors (Lipinski definition) is 1. The first-order valence-corrected chi connectivity index (χ1v) is 4.19. The minimum atomic E-state index is -0.233. The third kappa shape index (κ3) is 2.33. The average Bonchev–Trinajstić information content (AvgIpc) is 2.18. The van der Waals surface area contributed by atoms with E-state index in [-0.39, 0.29) is 18.4 Å². The third-order valence-corrected chi connectivity index (χ3v) is 1.83. The summed E-state index contributed by atoms with van der Waals surface area (Å²) >= 11 is 0. The molecule has 0 bridgehead atoms. The van der Waals surface area contributed by atoms with Crippen molar-refractivity contribution in [1.82, 2.24) is 10.3 Å². The van der Waals surface area contributed by atoms with Crippen LogP contribution < -0.4 is 5.43 Å². The van der Waals surface area contributed by atoms with Crippen LogP contribution in [0.25, 0.3) is 0 Å². The van der Waals surface area contributed by atoms with Crippen molar-refractivity contribution in [3.63, 3.8) is 0 Å². The van der Waals surface area contributed by atoms with E-state index in [1.54, 1.807) is 7.05 Å². The average molecular weight is 193 g/mol. The molecule has 0 aromatic rings. The zero-order valence-corrected chi connectivity index (χ0v) is 7.91. The van der Waals surface area contributed by atoms with Crippen LogP contribution in [0.4, 0.5) is 0 Å². The van der Waals surface area contributed by atoms with Gasteiger partial charge in [0.25, 0.3) is 5.91 Å². The van der Waals surface area contributed by atoms with E-state index in [4.69, 9.17) is 6.42 Å². The van der Waals surface area contributed by atoms with Crippen molar-refractivity contribution in [3.8, 4) is 12.3 Å². The van der Waals surface area contributed by atoms with Gasteiger partial charge in [-0.2, -0.15) is 5.10 Å². The molecule has 0 radical (unpaired) electrons. The number of terminal acetylenes is 1. The van der Waals surface area contributed by atoms with E-state index in [0.29, 0.717) is 18.6 Å². The van der Waals surface area contributed by atoms with E-state index >= 15 is 0 Å². The molecule has 0 aromatic heterocycles. The van der Waals surface area contributed by atoms with Crippen molar-refractivity contribution >= 4 is 17.5 Å². The number of carbonyl (C=O) groups is 2. The van der Waals surface area contributed by atoms with E-state index in [0.717, 1.165) is 0 Å². The summed E-state index contributed by atoms with van der Waals surface area (Å²) in [5, 5.41) is 3.67. The van der Waals surface area contributed by atoms with Gasteiger partial charge >= 0.3 is 0 Å². The van der Waals surface area contributed by atoms with Crippen LogP contribution in [0.15, 0.2) is 5.10 Å². The molecule has 0 unspecified atom stereocenters. The minimum Gasteiger partial charge on any atom is -0.329 e. The monoisotopic (exact) mass is 193 g/mol. The highest BCUT2D eigenvalue weighted by Gasteiger charge is 2.20. The van der Waals surface area contributed by atoms with E-state index in [1.165, 1.54) is 4.90 Å². The molecule has 0 aromatic carbocycles. The fourth-order valence-corrected chi connectivity index (χ4v) is 1.06. The molecule has 14 heavy (non-hydrogen) atoms. The van der Waals surface area contributed by atoms with Gasteiger partial charge in [0, 0.05) is 19.9 Å². The topological polar surface area (TPSA) is 61.8 Å². The summed E-state index contributed by atoms with van der Waals surface area (Å²) in [6.07, 6.45) is 5.74. The van der Waals surface area contributed by atoms with Crippen LogP contribution in [0.1, 0.15) is 12.8 Å². The molecule has 0 fully saturated rings. The summed E-state index contributed by atoms with van der Waals surface area (Å²) in [5.41, 5.74) is 2.61. The predicted octanol–water partition coefficient (Wildman–Crippen LogP) is -0.656. The van der Waals surface area contributed by atoms with Crippen LogP contribution in [-0.2, 0) is 9.59 Å². The van der Waals surface area contributed by atoms with Crippen LogP contribution in [0, 0.1) is 12.3 Å². The number of rotatable bonds is 2. The molecule has 74 valence electrons. The predicted molar refractivity (Wildman–Crippen MR) is 51.3 cm³/mol. The Kier molecular flexibility index (Phi) is 3.24. The summed E-state index contributed by atoms with van der Waals surface area (Å²) in [7, 11) is 1.60. The van der Waals surface area contributed by atoms with Gasteiger partial charge in [-0.05, 0) is 0 Å². The highest BCUT2D eigenvalue weighted by Crippen LogP contribution is 2.02. The van der Waals surface area contributed by atoms with E-state index in [9.17, 15) is 9.59 Å². The maximum Gasteiger partial charge on any atom is 0.270 e. The molecule has 0 saturated heterocycles. The number of hydrazone groups is 1. The molecule has 0 spiro atoms. The number of nitrogens with one attached hydrogen (secondary N) is 1. The van der Waals surface area contributed by atoms with Gasteiger partial charge in [0.2, 0.25) is 5.91 Å². The lowest BCUT2D eigenvalue weighted by Gasteiger charge is -2.17. The fraction of sp³-hybridized carbons (Fsp3) is 0.444. The van der Waals surface area contributed by atoms with Gasteiger partial charge in [0.15, 0.2) is 0 Å². The van der Waals surface area contributed by atoms with Gasteiger partial charge in [-0.15, -0.1) is 6.42 Å². The molecule has 0 saturated carbocycles. The van der Waals surface area contributed by atoms with Gasteiger partial charge < -0.3 is 4.90 Å². The van der Waals surface area contributed by atoms with Crippen molar-refractivity contribution in [2.24, 2.45) is 5.10 Å². The van der Waals surface area contributed by atoms with E-state index in [1.807, 2.05) is 0 Å². The van der Waals surface area contributed by atoms with Gasteiger partial charge in [-0.3, -0.25) is 9.59 Å². The summed E-state index contributed by atoms with van der Waals surface area (Å²) in [5.74, 6) is 1.96. The Labute approximate surface area is 82.2 Å². The van der Waals surface area contributed by atoms with Crippen molar-refractivity contribution in [2.75, 3.05) is 13.6 Å². The Bertz CT molecular complexity index is 327. The van der Waals surface area contributed by atoms with E-state index in [2.05, 4.69) is 16.4 Å². The SMILES string of the molecule is C#CCN(C)C(=O)C1=NNC(=O)CC1. The highest BCUT2D eigenvalue weighted by molar-refractivity contribution is 6.39. The molecular weight excluding hydrogens is 182 g/mol. The molecule has 1 aliphatic heterocycles. The maximum absolute atomic E-state index is 11.5. The largest absolute Gasteiger partial charge is 0.329 e. The lowest BCUT2D eigenvalue weighted by Crippen LogP contribution is -2.38. The van der Waals surface area contributed by atoms with Gasteiger partial charge in [-0.25, -0.2) is 5.43 Å². The number of amides is 2. The number of carbonyl (C=O) groups excluding carboxylic acids is 2. The van der Waals surface area contributed by atoms with Crippen LogP contribution in [0.3, 0.4) is 0 Å². The lowest BCUT2D eigenvalue weighted by molar-refractivity contribution is -0.123. The molecule has 0 aliphatic carbocycles. The second-order valence-electron chi connectivity index (χ2n) is 2.96. The summed E-state index contributed by atoms with van der Waals surface area (Å²) in [6.45, 7) is 0.242. The quantitative estimate of drug-likeness (QED) is 0.592. The standard InChI is InChI=1S/C9H11N3O2/c1-3-6-12(2)9(14)7-4-5-8(13)11-10-7/h1H,4-6H2,2H3,(H,11,13). The normalized spacial score (nSPS) is 15.1.